The zero-order chi connectivity index (χ0) is 8.91. The third-order valence-corrected chi connectivity index (χ3v) is 0.859. The van der Waals surface area contributed by atoms with Gasteiger partial charge in [0.15, 0.2) is 6.61 Å². The first-order chi connectivity index (χ1) is 4.95. The van der Waals surface area contributed by atoms with Gasteiger partial charge in [0, 0.05) is 6.04 Å². The van der Waals surface area contributed by atoms with Crippen LogP contribution in [0, 0.1) is 0 Å². The van der Waals surface area contributed by atoms with Crippen LogP contribution in [-0.4, -0.2) is 18.8 Å². The molecule has 0 aromatic heterocycles. The number of hydrogen-bond donors (Lipinski definition) is 1. The second-order valence-electron chi connectivity index (χ2n) is 2.05. The topological polar surface area (TPSA) is 21.3 Å². The van der Waals surface area contributed by atoms with Crippen LogP contribution in [0.4, 0.5) is 13.2 Å². The van der Waals surface area contributed by atoms with Crippen LogP contribution in [-0.2, 0) is 4.84 Å². The van der Waals surface area contributed by atoms with Gasteiger partial charge < -0.3 is 0 Å². The summed E-state index contributed by atoms with van der Waals surface area (Å²) < 4.78 is 34.3. The van der Waals surface area contributed by atoms with Gasteiger partial charge in [-0.2, -0.15) is 18.7 Å². The van der Waals surface area contributed by atoms with Crippen molar-refractivity contribution in [2.24, 2.45) is 0 Å². The third-order valence-electron chi connectivity index (χ3n) is 0.859. The lowest BCUT2D eigenvalue weighted by molar-refractivity contribution is -0.191. The number of halogens is 3. The Balaban J connectivity index is 3.35. The Labute approximate surface area is 63.0 Å². The zero-order valence-electron chi connectivity index (χ0n) is 6.11. The highest BCUT2D eigenvalue weighted by Crippen LogP contribution is 2.13. The average Bonchev–Trinajstić information content (AvgIpc) is 1.85. The molecule has 0 aliphatic heterocycles. The molecule has 0 fully saturated rings. The van der Waals surface area contributed by atoms with Crippen molar-refractivity contribution in [2.45, 2.75) is 19.1 Å². The SMILES string of the molecule is C=CC(C)NOCC(F)(F)F. The highest BCUT2D eigenvalue weighted by Gasteiger charge is 2.27. The van der Waals surface area contributed by atoms with Gasteiger partial charge >= 0.3 is 6.18 Å². The molecule has 1 atom stereocenters. The molecule has 0 aromatic rings. The summed E-state index contributed by atoms with van der Waals surface area (Å²) in [6.45, 7) is 3.69. The molecule has 0 aromatic carbocycles. The summed E-state index contributed by atoms with van der Waals surface area (Å²) in [5.41, 5.74) is 2.15. The molecule has 0 aliphatic carbocycles. The second-order valence-corrected chi connectivity index (χ2v) is 2.05. The number of nitrogens with one attached hydrogen (secondary N) is 1. The van der Waals surface area contributed by atoms with Gasteiger partial charge in [0.2, 0.25) is 0 Å². The monoisotopic (exact) mass is 169 g/mol. The summed E-state index contributed by atoms with van der Waals surface area (Å²) in [5.74, 6) is 0. The van der Waals surface area contributed by atoms with E-state index in [1.54, 1.807) is 6.92 Å². The molecule has 1 N–H and O–H groups in total. The highest BCUT2D eigenvalue weighted by atomic mass is 19.4. The van der Waals surface area contributed by atoms with Gasteiger partial charge in [-0.15, -0.1) is 6.58 Å². The van der Waals surface area contributed by atoms with Gasteiger partial charge in [-0.3, -0.25) is 4.84 Å². The van der Waals surface area contributed by atoms with E-state index in [2.05, 4.69) is 16.9 Å². The van der Waals surface area contributed by atoms with Gasteiger partial charge in [0.25, 0.3) is 0 Å². The maximum Gasteiger partial charge on any atom is 0.413 e. The quantitative estimate of drug-likeness (QED) is 0.510. The molecule has 0 radical (unpaired) electrons. The summed E-state index contributed by atoms with van der Waals surface area (Å²) in [6, 6.07) is -0.280. The summed E-state index contributed by atoms with van der Waals surface area (Å²) in [7, 11) is 0. The molecule has 0 spiro atoms. The number of rotatable bonds is 4. The minimum atomic E-state index is -4.28. The molecule has 0 rings (SSSR count). The molecule has 1 unspecified atom stereocenters. The van der Waals surface area contributed by atoms with Crippen molar-refractivity contribution in [3.05, 3.63) is 12.7 Å². The fraction of sp³-hybridized carbons (Fsp3) is 0.667. The Morgan fingerprint density at radius 3 is 2.55 bits per heavy atom. The summed E-state index contributed by atoms with van der Waals surface area (Å²) >= 11 is 0. The maximum absolute atomic E-state index is 11.4. The van der Waals surface area contributed by atoms with E-state index in [9.17, 15) is 13.2 Å². The lowest BCUT2D eigenvalue weighted by Gasteiger charge is -2.10. The molecule has 0 saturated carbocycles. The van der Waals surface area contributed by atoms with Crippen LogP contribution < -0.4 is 5.48 Å². The molecule has 0 heterocycles. The number of alkyl halides is 3. The van der Waals surface area contributed by atoms with Crippen LogP contribution in [0.15, 0.2) is 12.7 Å². The number of hydrogen-bond acceptors (Lipinski definition) is 2. The lowest BCUT2D eigenvalue weighted by Crippen LogP contribution is -2.29. The van der Waals surface area contributed by atoms with E-state index in [0.29, 0.717) is 0 Å². The van der Waals surface area contributed by atoms with Crippen LogP contribution in [0.25, 0.3) is 0 Å². The smallest absolute Gasteiger partial charge is 0.292 e. The van der Waals surface area contributed by atoms with E-state index in [1.165, 1.54) is 6.08 Å². The van der Waals surface area contributed by atoms with Crippen LogP contribution in [0.3, 0.4) is 0 Å². The molecule has 0 saturated heterocycles. The first-order valence-corrected chi connectivity index (χ1v) is 3.02. The Kier molecular flexibility index (Phi) is 4.14. The normalized spacial score (nSPS) is 14.5. The van der Waals surface area contributed by atoms with Crippen LogP contribution in [0.5, 0.6) is 0 Å². The molecular formula is C6H10F3NO. The van der Waals surface area contributed by atoms with E-state index in [0.717, 1.165) is 0 Å². The minimum Gasteiger partial charge on any atom is -0.292 e. The van der Waals surface area contributed by atoms with Gasteiger partial charge in [0.1, 0.15) is 0 Å². The van der Waals surface area contributed by atoms with Gasteiger partial charge in [-0.05, 0) is 6.92 Å². The maximum atomic E-state index is 11.4. The fourth-order valence-electron chi connectivity index (χ4n) is 0.303. The summed E-state index contributed by atoms with van der Waals surface area (Å²) in [5, 5.41) is 0. The van der Waals surface area contributed by atoms with Crippen LogP contribution in [0.1, 0.15) is 6.92 Å². The first kappa shape index (κ1) is 10.4. The Morgan fingerprint density at radius 1 is 1.64 bits per heavy atom. The van der Waals surface area contributed by atoms with Crippen molar-refractivity contribution in [3.63, 3.8) is 0 Å². The molecule has 11 heavy (non-hydrogen) atoms. The predicted molar refractivity (Wildman–Crippen MR) is 34.8 cm³/mol. The van der Waals surface area contributed by atoms with Crippen molar-refractivity contribution >= 4 is 0 Å². The fourth-order valence-corrected chi connectivity index (χ4v) is 0.303. The molecular weight excluding hydrogens is 159 g/mol. The summed E-state index contributed by atoms with van der Waals surface area (Å²) in [6.07, 6.45) is -2.84. The van der Waals surface area contributed by atoms with E-state index in [1.807, 2.05) is 0 Å². The van der Waals surface area contributed by atoms with Crippen molar-refractivity contribution in [2.75, 3.05) is 6.61 Å². The third kappa shape index (κ3) is 7.35. The molecule has 5 heteroatoms. The predicted octanol–water partition coefficient (Wildman–Crippen LogP) is 1.64. The second kappa shape index (κ2) is 4.35. The Morgan fingerprint density at radius 2 is 2.18 bits per heavy atom. The first-order valence-electron chi connectivity index (χ1n) is 3.02. The van der Waals surface area contributed by atoms with Crippen LogP contribution >= 0.6 is 0 Å². The Hall–Kier alpha value is -0.550. The zero-order valence-corrected chi connectivity index (χ0v) is 6.11. The standard InChI is InChI=1S/C6H10F3NO/c1-3-5(2)10-11-4-6(7,8)9/h3,5,10H,1,4H2,2H3. The van der Waals surface area contributed by atoms with E-state index < -0.39 is 12.8 Å². The molecule has 0 aliphatic rings. The van der Waals surface area contributed by atoms with E-state index in [4.69, 9.17) is 0 Å². The molecule has 66 valence electrons. The van der Waals surface area contributed by atoms with Crippen molar-refractivity contribution < 1.29 is 18.0 Å². The van der Waals surface area contributed by atoms with Gasteiger partial charge in [0.05, 0.1) is 0 Å². The largest absolute Gasteiger partial charge is 0.413 e. The highest BCUT2D eigenvalue weighted by molar-refractivity contribution is 4.78. The Bertz CT molecular complexity index is 123. The molecule has 2 nitrogen and oxygen atoms in total. The molecule has 0 amide bonds. The van der Waals surface area contributed by atoms with Gasteiger partial charge in [-0.25, -0.2) is 0 Å². The van der Waals surface area contributed by atoms with Crippen LogP contribution in [0.2, 0.25) is 0 Å². The van der Waals surface area contributed by atoms with Gasteiger partial charge in [-0.1, -0.05) is 6.08 Å². The van der Waals surface area contributed by atoms with Crippen molar-refractivity contribution in [1.29, 1.82) is 0 Å². The number of hydroxylamine groups is 1. The minimum absolute atomic E-state index is 0.280. The van der Waals surface area contributed by atoms with E-state index in [-0.39, 0.29) is 6.04 Å². The average molecular weight is 169 g/mol. The molecule has 0 bridgehead atoms. The van der Waals surface area contributed by atoms with E-state index >= 15 is 0 Å². The summed E-state index contributed by atoms with van der Waals surface area (Å²) in [4.78, 5) is 4.10. The van der Waals surface area contributed by atoms with Crippen molar-refractivity contribution in [3.8, 4) is 0 Å². The van der Waals surface area contributed by atoms with Crippen molar-refractivity contribution in [1.82, 2.24) is 5.48 Å². The lowest BCUT2D eigenvalue weighted by atomic mass is 10.4.